The molecule has 0 unspecified atom stereocenters. The minimum atomic E-state index is -3.71. The van der Waals surface area contributed by atoms with Crippen LogP contribution in [0.3, 0.4) is 0 Å². The van der Waals surface area contributed by atoms with Crippen molar-refractivity contribution in [2.24, 2.45) is 0 Å². The molecule has 0 radical (unpaired) electrons. The van der Waals surface area contributed by atoms with E-state index in [4.69, 9.17) is 11.6 Å². The molecule has 0 spiro atoms. The zero-order chi connectivity index (χ0) is 20.3. The number of anilines is 1. The first kappa shape index (κ1) is 20.8. The number of hydrogen-bond donors (Lipinski definition) is 1. The van der Waals surface area contributed by atoms with Crippen molar-refractivity contribution in [3.05, 3.63) is 45.6 Å². The summed E-state index contributed by atoms with van der Waals surface area (Å²) in [6.45, 7) is 0.689. The quantitative estimate of drug-likeness (QED) is 0.746. The van der Waals surface area contributed by atoms with Crippen LogP contribution in [-0.2, 0) is 14.8 Å². The van der Waals surface area contributed by atoms with Crippen LogP contribution in [0.25, 0.3) is 0 Å². The molecule has 0 saturated carbocycles. The average Bonchev–Trinajstić information content (AvgIpc) is 3.35. The predicted molar refractivity (Wildman–Crippen MR) is 109 cm³/mol. The van der Waals surface area contributed by atoms with Gasteiger partial charge in [0.15, 0.2) is 0 Å². The minimum absolute atomic E-state index is 0.00256. The van der Waals surface area contributed by atoms with E-state index in [9.17, 15) is 18.0 Å². The third-order valence-electron chi connectivity index (χ3n) is 4.38. The first-order valence-electron chi connectivity index (χ1n) is 8.68. The Hall–Kier alpha value is -1.94. The van der Waals surface area contributed by atoms with Crippen molar-refractivity contribution in [1.82, 2.24) is 9.21 Å². The fraction of sp³-hybridized carbons (Fsp3) is 0.333. The standard InChI is InChI=1S/C18H20ClN3O4S2/c1-21(12-16(23)20-14-7-3-2-6-13(14)19)18(24)17-15(8-11-27-17)28(25,26)22-9-4-5-10-22/h2-3,6-8,11H,4-5,9-10,12H2,1H3,(H,20,23). The Morgan fingerprint density at radius 3 is 2.57 bits per heavy atom. The summed E-state index contributed by atoms with van der Waals surface area (Å²) < 4.78 is 27.0. The van der Waals surface area contributed by atoms with Gasteiger partial charge in [0, 0.05) is 20.1 Å². The highest BCUT2D eigenvalue weighted by Crippen LogP contribution is 2.28. The molecule has 1 aromatic heterocycles. The zero-order valence-corrected chi connectivity index (χ0v) is 17.6. The molecule has 1 N–H and O–H groups in total. The number of carbonyl (C=O) groups excluding carboxylic acids is 2. The Labute approximate surface area is 172 Å². The van der Waals surface area contributed by atoms with Gasteiger partial charge in [-0.15, -0.1) is 11.3 Å². The van der Waals surface area contributed by atoms with Crippen LogP contribution in [-0.4, -0.2) is 56.1 Å². The van der Waals surface area contributed by atoms with Gasteiger partial charge in [0.1, 0.15) is 9.77 Å². The van der Waals surface area contributed by atoms with Crippen molar-refractivity contribution < 1.29 is 18.0 Å². The lowest BCUT2D eigenvalue weighted by Crippen LogP contribution is -2.36. The number of para-hydroxylation sites is 1. The van der Waals surface area contributed by atoms with E-state index in [0.29, 0.717) is 23.8 Å². The van der Waals surface area contributed by atoms with E-state index in [0.717, 1.165) is 24.2 Å². The van der Waals surface area contributed by atoms with Crippen molar-refractivity contribution in [3.8, 4) is 0 Å². The molecule has 0 bridgehead atoms. The number of nitrogens with one attached hydrogen (secondary N) is 1. The molecule has 150 valence electrons. The molecule has 2 heterocycles. The van der Waals surface area contributed by atoms with E-state index in [1.807, 2.05) is 0 Å². The molecule has 10 heteroatoms. The number of hydrogen-bond acceptors (Lipinski definition) is 5. The lowest BCUT2D eigenvalue weighted by atomic mass is 10.3. The largest absolute Gasteiger partial charge is 0.332 e. The van der Waals surface area contributed by atoms with E-state index < -0.39 is 21.8 Å². The Morgan fingerprint density at radius 2 is 1.89 bits per heavy atom. The Balaban J connectivity index is 1.71. The molecule has 1 aromatic carbocycles. The highest BCUT2D eigenvalue weighted by molar-refractivity contribution is 7.89. The van der Waals surface area contributed by atoms with E-state index in [1.54, 1.807) is 29.6 Å². The predicted octanol–water partition coefficient (Wildman–Crippen LogP) is 2.90. The summed E-state index contributed by atoms with van der Waals surface area (Å²) in [6, 6.07) is 8.22. The van der Waals surface area contributed by atoms with E-state index in [2.05, 4.69) is 5.32 Å². The second-order valence-electron chi connectivity index (χ2n) is 6.41. The van der Waals surface area contributed by atoms with Crippen molar-refractivity contribution in [2.45, 2.75) is 17.7 Å². The molecule has 0 aliphatic carbocycles. The smallest absolute Gasteiger partial charge is 0.265 e. The first-order valence-corrected chi connectivity index (χ1v) is 11.4. The molecule has 1 aliphatic rings. The fourth-order valence-corrected chi connectivity index (χ4v) is 6.03. The second-order valence-corrected chi connectivity index (χ2v) is 9.64. The van der Waals surface area contributed by atoms with Crippen LogP contribution in [0.5, 0.6) is 0 Å². The van der Waals surface area contributed by atoms with Gasteiger partial charge in [0.25, 0.3) is 5.91 Å². The summed E-state index contributed by atoms with van der Waals surface area (Å²) in [4.78, 5) is 26.4. The summed E-state index contributed by atoms with van der Waals surface area (Å²) in [7, 11) is -2.25. The summed E-state index contributed by atoms with van der Waals surface area (Å²) in [5.74, 6) is -0.938. The van der Waals surface area contributed by atoms with Crippen molar-refractivity contribution in [2.75, 3.05) is 32.0 Å². The van der Waals surface area contributed by atoms with Gasteiger partial charge in [0.2, 0.25) is 15.9 Å². The maximum absolute atomic E-state index is 12.8. The van der Waals surface area contributed by atoms with Crippen LogP contribution >= 0.6 is 22.9 Å². The topological polar surface area (TPSA) is 86.8 Å². The molecule has 1 fully saturated rings. The molecular weight excluding hydrogens is 422 g/mol. The Bertz CT molecular complexity index is 984. The van der Waals surface area contributed by atoms with Crippen molar-refractivity contribution >= 4 is 50.5 Å². The van der Waals surface area contributed by atoms with Gasteiger partial charge in [0.05, 0.1) is 17.3 Å². The summed E-state index contributed by atoms with van der Waals surface area (Å²) >= 11 is 7.07. The van der Waals surface area contributed by atoms with Gasteiger partial charge in [-0.25, -0.2) is 8.42 Å². The van der Waals surface area contributed by atoms with Gasteiger partial charge in [-0.05, 0) is 36.4 Å². The number of nitrogens with zero attached hydrogens (tertiary/aromatic N) is 2. The number of thiophene rings is 1. The monoisotopic (exact) mass is 441 g/mol. The third kappa shape index (κ3) is 4.38. The van der Waals surface area contributed by atoms with Crippen molar-refractivity contribution in [1.29, 1.82) is 0 Å². The Morgan fingerprint density at radius 1 is 1.21 bits per heavy atom. The second kappa shape index (κ2) is 8.60. The minimum Gasteiger partial charge on any atom is -0.332 e. The molecular formula is C18H20ClN3O4S2. The number of benzene rings is 1. The van der Waals surface area contributed by atoms with Crippen LogP contribution in [0.4, 0.5) is 5.69 Å². The van der Waals surface area contributed by atoms with Crippen LogP contribution in [0.15, 0.2) is 40.6 Å². The maximum Gasteiger partial charge on any atom is 0.265 e. The molecule has 2 amide bonds. The van der Waals surface area contributed by atoms with E-state index >= 15 is 0 Å². The van der Waals surface area contributed by atoms with E-state index in [1.165, 1.54) is 22.3 Å². The number of rotatable bonds is 6. The van der Waals surface area contributed by atoms with Crippen LogP contribution < -0.4 is 5.32 Å². The molecule has 1 saturated heterocycles. The summed E-state index contributed by atoms with van der Waals surface area (Å²) in [5, 5.41) is 4.61. The van der Waals surface area contributed by atoms with Gasteiger partial charge in [-0.2, -0.15) is 4.31 Å². The molecule has 1 aliphatic heterocycles. The maximum atomic E-state index is 12.8. The number of sulfonamides is 1. The normalized spacial score (nSPS) is 14.8. The van der Waals surface area contributed by atoms with Gasteiger partial charge < -0.3 is 10.2 Å². The molecule has 3 rings (SSSR count). The highest BCUT2D eigenvalue weighted by Gasteiger charge is 2.32. The summed E-state index contributed by atoms with van der Waals surface area (Å²) in [5.41, 5.74) is 0.448. The third-order valence-corrected chi connectivity index (χ3v) is 7.68. The van der Waals surface area contributed by atoms with Crippen LogP contribution in [0.1, 0.15) is 22.5 Å². The summed E-state index contributed by atoms with van der Waals surface area (Å²) in [6.07, 6.45) is 1.63. The lowest BCUT2D eigenvalue weighted by Gasteiger charge is -2.19. The molecule has 28 heavy (non-hydrogen) atoms. The zero-order valence-electron chi connectivity index (χ0n) is 15.2. The van der Waals surface area contributed by atoms with Crippen LogP contribution in [0.2, 0.25) is 5.02 Å². The number of likely N-dealkylation sites (N-methyl/N-ethyl adjacent to an activating group) is 1. The molecule has 7 nitrogen and oxygen atoms in total. The van der Waals surface area contributed by atoms with Gasteiger partial charge in [-0.1, -0.05) is 23.7 Å². The SMILES string of the molecule is CN(CC(=O)Nc1ccccc1Cl)C(=O)c1sccc1S(=O)(=O)N1CCCC1. The van der Waals surface area contributed by atoms with Gasteiger partial charge >= 0.3 is 0 Å². The van der Waals surface area contributed by atoms with Crippen LogP contribution in [0, 0.1) is 0 Å². The number of amides is 2. The lowest BCUT2D eigenvalue weighted by molar-refractivity contribution is -0.116. The highest BCUT2D eigenvalue weighted by atomic mass is 35.5. The average molecular weight is 442 g/mol. The fourth-order valence-electron chi connectivity index (χ4n) is 2.94. The number of halogens is 1. The van der Waals surface area contributed by atoms with Crippen molar-refractivity contribution in [3.63, 3.8) is 0 Å². The molecule has 0 atom stereocenters. The Kier molecular flexibility index (Phi) is 6.39. The van der Waals surface area contributed by atoms with E-state index in [-0.39, 0.29) is 16.3 Å². The first-order chi connectivity index (χ1) is 13.3. The number of carbonyl (C=O) groups is 2. The van der Waals surface area contributed by atoms with Gasteiger partial charge in [-0.3, -0.25) is 9.59 Å². The molecule has 2 aromatic rings.